The fourth-order valence-corrected chi connectivity index (χ4v) is 2.42. The Morgan fingerprint density at radius 2 is 1.95 bits per heavy atom. The molecule has 0 radical (unpaired) electrons. The Morgan fingerprint density at radius 1 is 1.32 bits per heavy atom. The van der Waals surface area contributed by atoms with E-state index in [4.69, 9.17) is 5.73 Å². The molecule has 1 atom stereocenters. The van der Waals surface area contributed by atoms with Crippen LogP contribution in [0.15, 0.2) is 23.1 Å². The SMILES string of the molecule is CC(C)[C@H](Sc1ccc(F)cc1F)C(=O)NC(N)=O. The Bertz CT molecular complexity index is 495. The second kappa shape index (κ2) is 6.51. The zero-order valence-electron chi connectivity index (χ0n) is 10.4. The summed E-state index contributed by atoms with van der Waals surface area (Å²) in [5.41, 5.74) is 4.87. The number of halogens is 2. The molecular weight excluding hydrogens is 274 g/mol. The summed E-state index contributed by atoms with van der Waals surface area (Å²) in [5.74, 6) is -2.20. The minimum Gasteiger partial charge on any atom is -0.351 e. The number of imide groups is 1. The number of carbonyl (C=O) groups is 2. The highest BCUT2D eigenvalue weighted by Gasteiger charge is 2.25. The number of carbonyl (C=O) groups excluding carboxylic acids is 2. The Kier molecular flexibility index (Phi) is 5.29. The van der Waals surface area contributed by atoms with E-state index >= 15 is 0 Å². The third kappa shape index (κ3) is 4.51. The summed E-state index contributed by atoms with van der Waals surface area (Å²) >= 11 is 0.921. The molecule has 0 saturated carbocycles. The van der Waals surface area contributed by atoms with Crippen LogP contribution < -0.4 is 11.1 Å². The van der Waals surface area contributed by atoms with Crippen LogP contribution in [0.2, 0.25) is 0 Å². The van der Waals surface area contributed by atoms with Gasteiger partial charge < -0.3 is 5.73 Å². The Hall–Kier alpha value is -1.63. The van der Waals surface area contributed by atoms with Gasteiger partial charge in [0.1, 0.15) is 11.6 Å². The lowest BCUT2D eigenvalue weighted by Crippen LogP contribution is -2.42. The average Bonchev–Trinajstić information content (AvgIpc) is 2.26. The van der Waals surface area contributed by atoms with Gasteiger partial charge in [-0.3, -0.25) is 10.1 Å². The molecule has 1 aromatic rings. The summed E-state index contributed by atoms with van der Waals surface area (Å²) in [7, 11) is 0. The van der Waals surface area contributed by atoms with E-state index in [0.717, 1.165) is 23.9 Å². The van der Waals surface area contributed by atoms with Crippen molar-refractivity contribution in [3.05, 3.63) is 29.8 Å². The molecule has 4 nitrogen and oxygen atoms in total. The van der Waals surface area contributed by atoms with E-state index in [1.165, 1.54) is 6.07 Å². The molecule has 0 aliphatic rings. The molecule has 0 fully saturated rings. The zero-order valence-corrected chi connectivity index (χ0v) is 11.3. The zero-order chi connectivity index (χ0) is 14.6. The van der Waals surface area contributed by atoms with Gasteiger partial charge in [0.15, 0.2) is 0 Å². The van der Waals surface area contributed by atoms with Crippen LogP contribution in [-0.2, 0) is 4.79 Å². The van der Waals surface area contributed by atoms with Crippen LogP contribution in [0.25, 0.3) is 0 Å². The molecule has 0 aromatic heterocycles. The van der Waals surface area contributed by atoms with Gasteiger partial charge in [-0.1, -0.05) is 13.8 Å². The van der Waals surface area contributed by atoms with Gasteiger partial charge in [-0.2, -0.15) is 0 Å². The van der Waals surface area contributed by atoms with Gasteiger partial charge in [0.2, 0.25) is 5.91 Å². The molecule has 7 heteroatoms. The van der Waals surface area contributed by atoms with E-state index in [-0.39, 0.29) is 10.8 Å². The summed E-state index contributed by atoms with van der Waals surface area (Å²) in [5, 5.41) is 1.26. The van der Waals surface area contributed by atoms with Gasteiger partial charge in [0.05, 0.1) is 5.25 Å². The standard InChI is InChI=1S/C12H14F2N2O2S/c1-6(2)10(11(17)16-12(15)18)19-9-4-3-7(13)5-8(9)14/h3-6,10H,1-2H3,(H3,15,16,17,18)/t10-/m0/s1. The van der Waals surface area contributed by atoms with Crippen molar-refractivity contribution in [1.82, 2.24) is 5.32 Å². The smallest absolute Gasteiger partial charge is 0.318 e. The molecule has 0 aliphatic heterocycles. The van der Waals surface area contributed by atoms with Crippen molar-refractivity contribution >= 4 is 23.7 Å². The average molecular weight is 288 g/mol. The maximum atomic E-state index is 13.5. The fourth-order valence-electron chi connectivity index (χ4n) is 1.39. The monoisotopic (exact) mass is 288 g/mol. The van der Waals surface area contributed by atoms with Crippen molar-refractivity contribution in [2.24, 2.45) is 11.7 Å². The van der Waals surface area contributed by atoms with E-state index in [2.05, 4.69) is 0 Å². The van der Waals surface area contributed by atoms with Crippen LogP contribution in [0.3, 0.4) is 0 Å². The van der Waals surface area contributed by atoms with E-state index < -0.39 is 28.8 Å². The lowest BCUT2D eigenvalue weighted by atomic mass is 10.1. The van der Waals surface area contributed by atoms with Crippen LogP contribution >= 0.6 is 11.8 Å². The number of nitrogens with two attached hydrogens (primary N) is 1. The first-order valence-electron chi connectivity index (χ1n) is 5.53. The molecule has 0 saturated heterocycles. The molecule has 1 rings (SSSR count). The summed E-state index contributed by atoms with van der Waals surface area (Å²) in [6.45, 7) is 3.50. The highest BCUT2D eigenvalue weighted by Crippen LogP contribution is 2.30. The maximum absolute atomic E-state index is 13.5. The number of hydrogen-bond donors (Lipinski definition) is 2. The normalized spacial score (nSPS) is 12.3. The largest absolute Gasteiger partial charge is 0.351 e. The van der Waals surface area contributed by atoms with Gasteiger partial charge in [0.25, 0.3) is 0 Å². The van der Waals surface area contributed by atoms with Crippen molar-refractivity contribution in [3.8, 4) is 0 Å². The summed E-state index contributed by atoms with van der Waals surface area (Å²) in [6, 6.07) is 2.14. The van der Waals surface area contributed by atoms with E-state index in [1.54, 1.807) is 13.8 Å². The van der Waals surface area contributed by atoms with E-state index in [1.807, 2.05) is 5.32 Å². The van der Waals surface area contributed by atoms with Gasteiger partial charge in [0, 0.05) is 11.0 Å². The number of benzene rings is 1. The fraction of sp³-hybridized carbons (Fsp3) is 0.333. The molecule has 0 spiro atoms. The van der Waals surface area contributed by atoms with E-state index in [0.29, 0.717) is 0 Å². The second-order valence-corrected chi connectivity index (χ2v) is 5.39. The molecule has 19 heavy (non-hydrogen) atoms. The van der Waals surface area contributed by atoms with Crippen LogP contribution in [-0.4, -0.2) is 17.2 Å². The summed E-state index contributed by atoms with van der Waals surface area (Å²) in [6.07, 6.45) is 0. The molecule has 1 aromatic carbocycles. The van der Waals surface area contributed by atoms with Crippen LogP contribution in [0.5, 0.6) is 0 Å². The molecular formula is C12H14F2N2O2S. The number of primary amides is 1. The molecule has 3 amide bonds. The van der Waals surface area contributed by atoms with Crippen molar-refractivity contribution in [2.75, 3.05) is 0 Å². The van der Waals surface area contributed by atoms with Crippen LogP contribution in [0.1, 0.15) is 13.8 Å². The van der Waals surface area contributed by atoms with Crippen LogP contribution in [0, 0.1) is 17.6 Å². The first kappa shape index (κ1) is 15.4. The summed E-state index contributed by atoms with van der Waals surface area (Å²) in [4.78, 5) is 22.5. The lowest BCUT2D eigenvalue weighted by Gasteiger charge is -2.19. The van der Waals surface area contributed by atoms with Gasteiger partial charge in [-0.05, 0) is 18.1 Å². The Labute approximate surface area is 113 Å². The second-order valence-electron chi connectivity index (χ2n) is 4.21. The number of urea groups is 1. The molecule has 0 aliphatic carbocycles. The predicted molar refractivity (Wildman–Crippen MR) is 68.6 cm³/mol. The predicted octanol–water partition coefficient (Wildman–Crippen LogP) is 2.28. The third-order valence-corrected chi connectivity index (χ3v) is 3.86. The molecule has 0 unspecified atom stereocenters. The van der Waals surface area contributed by atoms with Gasteiger partial charge >= 0.3 is 6.03 Å². The minimum atomic E-state index is -0.962. The Balaban J connectivity index is 2.89. The maximum Gasteiger partial charge on any atom is 0.318 e. The number of hydrogen-bond acceptors (Lipinski definition) is 3. The van der Waals surface area contributed by atoms with Crippen LogP contribution in [0.4, 0.5) is 13.6 Å². The molecule has 0 bridgehead atoms. The molecule has 3 N–H and O–H groups in total. The number of thioether (sulfide) groups is 1. The molecule has 104 valence electrons. The highest BCUT2D eigenvalue weighted by molar-refractivity contribution is 8.00. The first-order chi connectivity index (χ1) is 8.81. The van der Waals surface area contributed by atoms with E-state index in [9.17, 15) is 18.4 Å². The Morgan fingerprint density at radius 3 is 2.42 bits per heavy atom. The van der Waals surface area contributed by atoms with Gasteiger partial charge in [-0.15, -0.1) is 11.8 Å². The highest BCUT2D eigenvalue weighted by atomic mass is 32.2. The number of rotatable bonds is 4. The minimum absolute atomic E-state index is 0.139. The first-order valence-corrected chi connectivity index (χ1v) is 6.41. The third-order valence-electron chi connectivity index (χ3n) is 2.26. The molecule has 0 heterocycles. The quantitative estimate of drug-likeness (QED) is 0.835. The lowest BCUT2D eigenvalue weighted by molar-refractivity contribution is -0.120. The van der Waals surface area contributed by atoms with Crippen molar-refractivity contribution < 1.29 is 18.4 Å². The van der Waals surface area contributed by atoms with Crippen molar-refractivity contribution in [3.63, 3.8) is 0 Å². The van der Waals surface area contributed by atoms with Crippen molar-refractivity contribution in [2.45, 2.75) is 24.0 Å². The number of nitrogens with one attached hydrogen (secondary N) is 1. The number of amides is 3. The summed E-state index contributed by atoms with van der Waals surface area (Å²) < 4.78 is 26.3. The topological polar surface area (TPSA) is 72.2 Å². The van der Waals surface area contributed by atoms with Crippen molar-refractivity contribution in [1.29, 1.82) is 0 Å². The van der Waals surface area contributed by atoms with Gasteiger partial charge in [-0.25, -0.2) is 13.6 Å².